The Morgan fingerprint density at radius 2 is 2.19 bits per heavy atom. The first kappa shape index (κ1) is 16.9. The zero-order valence-electron chi connectivity index (χ0n) is 14.8. The summed E-state index contributed by atoms with van der Waals surface area (Å²) in [6, 6.07) is 5.72. The van der Waals surface area contributed by atoms with Crippen LogP contribution in [0.1, 0.15) is 41.2 Å². The smallest absolute Gasteiger partial charge is 0.253 e. The van der Waals surface area contributed by atoms with E-state index in [0.29, 0.717) is 18.0 Å². The SMILES string of the molecule is CO[C@@H]1C[C@H](CNC(=O)c2cccnc2C2CC2)N(c2ccncn2)C1. The maximum atomic E-state index is 12.7. The van der Waals surface area contributed by atoms with Gasteiger partial charge in [0.15, 0.2) is 0 Å². The van der Waals surface area contributed by atoms with Crippen LogP contribution >= 0.6 is 0 Å². The molecule has 2 aromatic heterocycles. The van der Waals surface area contributed by atoms with E-state index in [1.165, 1.54) is 0 Å². The molecule has 2 fully saturated rings. The van der Waals surface area contributed by atoms with Crippen molar-refractivity contribution in [3.8, 4) is 0 Å². The Labute approximate surface area is 152 Å². The number of rotatable bonds is 6. The Morgan fingerprint density at radius 1 is 1.31 bits per heavy atom. The topological polar surface area (TPSA) is 80.2 Å². The molecule has 0 aromatic carbocycles. The number of nitrogens with one attached hydrogen (secondary N) is 1. The van der Waals surface area contributed by atoms with Crippen molar-refractivity contribution in [2.24, 2.45) is 0 Å². The number of ether oxygens (including phenoxy) is 1. The Hall–Kier alpha value is -2.54. The van der Waals surface area contributed by atoms with Gasteiger partial charge in [0, 0.05) is 38.5 Å². The number of aromatic nitrogens is 3. The molecule has 1 saturated carbocycles. The number of carbonyl (C=O) groups is 1. The Bertz CT molecular complexity index is 766. The van der Waals surface area contributed by atoms with Crippen LogP contribution in [-0.2, 0) is 4.74 Å². The highest BCUT2D eigenvalue weighted by Crippen LogP contribution is 2.40. The van der Waals surface area contributed by atoms with E-state index in [0.717, 1.165) is 37.3 Å². The lowest BCUT2D eigenvalue weighted by Crippen LogP contribution is -2.40. The average Bonchev–Trinajstić information content (AvgIpc) is 3.46. The average molecular weight is 353 g/mol. The fraction of sp³-hybridized carbons (Fsp3) is 0.474. The van der Waals surface area contributed by atoms with Gasteiger partial charge in [-0.25, -0.2) is 9.97 Å². The van der Waals surface area contributed by atoms with Crippen LogP contribution in [0, 0.1) is 0 Å². The summed E-state index contributed by atoms with van der Waals surface area (Å²) in [6.07, 6.45) is 8.27. The van der Waals surface area contributed by atoms with Gasteiger partial charge in [-0.2, -0.15) is 0 Å². The van der Waals surface area contributed by atoms with Crippen molar-refractivity contribution in [2.45, 2.75) is 37.3 Å². The van der Waals surface area contributed by atoms with E-state index in [9.17, 15) is 4.79 Å². The summed E-state index contributed by atoms with van der Waals surface area (Å²) in [4.78, 5) is 27.7. The summed E-state index contributed by atoms with van der Waals surface area (Å²) < 4.78 is 5.54. The molecule has 7 nitrogen and oxygen atoms in total. The lowest BCUT2D eigenvalue weighted by molar-refractivity contribution is 0.0945. The molecule has 26 heavy (non-hydrogen) atoms. The molecule has 0 bridgehead atoms. The zero-order chi connectivity index (χ0) is 17.9. The summed E-state index contributed by atoms with van der Waals surface area (Å²) >= 11 is 0. The van der Waals surface area contributed by atoms with Gasteiger partial charge in [-0.15, -0.1) is 0 Å². The van der Waals surface area contributed by atoms with Crippen molar-refractivity contribution >= 4 is 11.7 Å². The van der Waals surface area contributed by atoms with Gasteiger partial charge >= 0.3 is 0 Å². The van der Waals surface area contributed by atoms with Gasteiger partial charge in [-0.1, -0.05) is 0 Å². The quantitative estimate of drug-likeness (QED) is 0.853. The second-order valence-electron chi connectivity index (χ2n) is 6.89. The first-order valence-corrected chi connectivity index (χ1v) is 9.05. The highest BCUT2D eigenvalue weighted by Gasteiger charge is 2.34. The van der Waals surface area contributed by atoms with Crippen molar-refractivity contribution in [1.29, 1.82) is 0 Å². The number of pyridine rings is 1. The van der Waals surface area contributed by atoms with E-state index in [1.807, 2.05) is 18.2 Å². The Kier molecular flexibility index (Phi) is 4.79. The fourth-order valence-electron chi connectivity index (χ4n) is 3.57. The van der Waals surface area contributed by atoms with Crippen LogP contribution in [0.2, 0.25) is 0 Å². The minimum absolute atomic E-state index is 0.0523. The van der Waals surface area contributed by atoms with Crippen molar-refractivity contribution in [3.05, 3.63) is 48.2 Å². The molecule has 1 saturated heterocycles. The largest absolute Gasteiger partial charge is 0.380 e. The molecular formula is C19H23N5O2. The van der Waals surface area contributed by atoms with E-state index in [4.69, 9.17) is 4.74 Å². The van der Waals surface area contributed by atoms with E-state index in [-0.39, 0.29) is 18.1 Å². The summed E-state index contributed by atoms with van der Waals surface area (Å²) in [6.45, 7) is 1.30. The zero-order valence-corrected chi connectivity index (χ0v) is 14.8. The van der Waals surface area contributed by atoms with E-state index >= 15 is 0 Å². The van der Waals surface area contributed by atoms with Gasteiger partial charge in [0.25, 0.3) is 5.91 Å². The third kappa shape index (κ3) is 3.53. The maximum absolute atomic E-state index is 12.7. The molecule has 2 aliphatic rings. The second kappa shape index (κ2) is 7.37. The number of carbonyl (C=O) groups excluding carboxylic acids is 1. The molecule has 4 rings (SSSR count). The second-order valence-corrected chi connectivity index (χ2v) is 6.89. The number of anilines is 1. The number of hydrogen-bond acceptors (Lipinski definition) is 6. The first-order chi connectivity index (χ1) is 12.8. The molecule has 2 atom stereocenters. The summed E-state index contributed by atoms with van der Waals surface area (Å²) in [7, 11) is 1.72. The van der Waals surface area contributed by atoms with Gasteiger partial charge in [0.2, 0.25) is 0 Å². The minimum Gasteiger partial charge on any atom is -0.380 e. The predicted octanol–water partition coefficient (Wildman–Crippen LogP) is 1.77. The maximum Gasteiger partial charge on any atom is 0.253 e. The molecule has 136 valence electrons. The molecule has 1 amide bonds. The molecule has 0 radical (unpaired) electrons. The lowest BCUT2D eigenvalue weighted by atomic mass is 10.1. The van der Waals surface area contributed by atoms with Crippen LogP contribution in [0.4, 0.5) is 5.82 Å². The van der Waals surface area contributed by atoms with Crippen LogP contribution in [-0.4, -0.2) is 53.2 Å². The molecular weight excluding hydrogens is 330 g/mol. The van der Waals surface area contributed by atoms with E-state index in [2.05, 4.69) is 25.2 Å². The van der Waals surface area contributed by atoms with Gasteiger partial charge in [-0.05, 0) is 37.5 Å². The minimum atomic E-state index is -0.0523. The fourth-order valence-corrected chi connectivity index (χ4v) is 3.57. The predicted molar refractivity (Wildman–Crippen MR) is 97.1 cm³/mol. The number of hydrogen-bond donors (Lipinski definition) is 1. The molecule has 3 heterocycles. The van der Waals surface area contributed by atoms with Crippen molar-refractivity contribution < 1.29 is 9.53 Å². The van der Waals surface area contributed by atoms with Crippen LogP contribution in [0.5, 0.6) is 0 Å². The molecule has 0 unspecified atom stereocenters. The summed E-state index contributed by atoms with van der Waals surface area (Å²) in [5, 5.41) is 3.09. The standard InChI is InChI=1S/C19H23N5O2/c1-26-15-9-14(24(11-15)17-6-8-20-12-23-17)10-22-19(25)16-3-2-7-21-18(16)13-4-5-13/h2-3,6-8,12-15H,4-5,9-11H2,1H3,(H,22,25)/t14-,15-/m1/s1. The lowest BCUT2D eigenvalue weighted by Gasteiger charge is -2.25. The monoisotopic (exact) mass is 353 g/mol. The highest BCUT2D eigenvalue weighted by atomic mass is 16.5. The summed E-state index contributed by atoms with van der Waals surface area (Å²) in [5.74, 6) is 1.25. The Morgan fingerprint density at radius 3 is 2.92 bits per heavy atom. The first-order valence-electron chi connectivity index (χ1n) is 9.05. The normalized spacial score (nSPS) is 22.4. The number of amides is 1. The number of methoxy groups -OCH3 is 1. The van der Waals surface area contributed by atoms with Gasteiger partial charge in [0.1, 0.15) is 12.1 Å². The summed E-state index contributed by atoms with van der Waals surface area (Å²) in [5.41, 5.74) is 1.63. The molecule has 1 aliphatic heterocycles. The van der Waals surface area contributed by atoms with E-state index < -0.39 is 0 Å². The highest BCUT2D eigenvalue weighted by molar-refractivity contribution is 5.95. The molecule has 7 heteroatoms. The Balaban J connectivity index is 1.45. The van der Waals surface area contributed by atoms with Gasteiger partial charge in [-0.3, -0.25) is 9.78 Å². The molecule has 1 N–H and O–H groups in total. The van der Waals surface area contributed by atoms with Crippen molar-refractivity contribution in [3.63, 3.8) is 0 Å². The van der Waals surface area contributed by atoms with Crippen LogP contribution in [0.3, 0.4) is 0 Å². The van der Waals surface area contributed by atoms with Crippen LogP contribution in [0.25, 0.3) is 0 Å². The third-order valence-electron chi connectivity index (χ3n) is 5.12. The van der Waals surface area contributed by atoms with Gasteiger partial charge < -0.3 is 15.0 Å². The molecule has 0 spiro atoms. The van der Waals surface area contributed by atoms with Crippen molar-refractivity contribution in [1.82, 2.24) is 20.3 Å². The molecule has 1 aliphatic carbocycles. The molecule has 2 aromatic rings. The van der Waals surface area contributed by atoms with Crippen LogP contribution < -0.4 is 10.2 Å². The van der Waals surface area contributed by atoms with Crippen LogP contribution in [0.15, 0.2) is 36.9 Å². The van der Waals surface area contributed by atoms with E-state index in [1.54, 1.807) is 25.8 Å². The van der Waals surface area contributed by atoms with Gasteiger partial charge in [0.05, 0.1) is 23.4 Å². The van der Waals surface area contributed by atoms with Crippen molar-refractivity contribution in [2.75, 3.05) is 25.1 Å². The third-order valence-corrected chi connectivity index (χ3v) is 5.12. The number of nitrogens with zero attached hydrogens (tertiary/aromatic N) is 4.